The molecule has 140 valence electrons. The van der Waals surface area contributed by atoms with Gasteiger partial charge in [0.05, 0.1) is 13.2 Å². The number of para-hydroxylation sites is 2. The lowest BCUT2D eigenvalue weighted by Gasteiger charge is -2.22. The molecule has 1 aliphatic heterocycles. The molecule has 2 N–H and O–H groups in total. The summed E-state index contributed by atoms with van der Waals surface area (Å²) in [4.78, 5) is 12.2. The van der Waals surface area contributed by atoms with Crippen molar-refractivity contribution in [3.8, 4) is 17.2 Å². The number of carbonyl (C=O) groups excluding carboxylic acids is 1. The van der Waals surface area contributed by atoms with Gasteiger partial charge in [-0.3, -0.25) is 4.79 Å². The van der Waals surface area contributed by atoms with Crippen LogP contribution in [-0.4, -0.2) is 25.6 Å². The molecule has 1 saturated heterocycles. The van der Waals surface area contributed by atoms with E-state index in [1.54, 1.807) is 30.3 Å². The van der Waals surface area contributed by atoms with Gasteiger partial charge in [-0.25, -0.2) is 4.39 Å². The topological polar surface area (TPSA) is 59.6 Å². The van der Waals surface area contributed by atoms with Gasteiger partial charge in [-0.15, -0.1) is 12.4 Å². The second-order valence-corrected chi connectivity index (χ2v) is 5.89. The number of halogens is 2. The molecule has 26 heavy (non-hydrogen) atoms. The molecule has 1 heterocycles. The number of hydrogen-bond donors (Lipinski definition) is 2. The minimum atomic E-state index is -0.555. The summed E-state index contributed by atoms with van der Waals surface area (Å²) in [7, 11) is 1.52. The van der Waals surface area contributed by atoms with Crippen LogP contribution in [0.5, 0.6) is 17.2 Å². The molecule has 1 atom stereocenters. The molecule has 0 saturated carbocycles. The maximum atomic E-state index is 14.3. The lowest BCUT2D eigenvalue weighted by atomic mass is 10.0. The summed E-state index contributed by atoms with van der Waals surface area (Å²) < 4.78 is 25.1. The highest BCUT2D eigenvalue weighted by molar-refractivity contribution is 5.94. The van der Waals surface area contributed by atoms with Crippen LogP contribution in [0.15, 0.2) is 42.5 Å². The second-order valence-electron chi connectivity index (χ2n) is 5.89. The van der Waals surface area contributed by atoms with Crippen LogP contribution in [0.2, 0.25) is 0 Å². The summed E-state index contributed by atoms with van der Waals surface area (Å²) in [6.45, 7) is 0.831. The number of ether oxygens (including phenoxy) is 2. The fraction of sp³-hybridized carbons (Fsp3) is 0.316. The molecule has 0 spiro atoms. The Kier molecular flexibility index (Phi) is 7.24. The number of hydrogen-bond acceptors (Lipinski definition) is 4. The maximum Gasteiger partial charge on any atom is 0.241 e. The lowest BCUT2D eigenvalue weighted by molar-refractivity contribution is -0.118. The van der Waals surface area contributed by atoms with Crippen molar-refractivity contribution < 1.29 is 18.7 Å². The smallest absolute Gasteiger partial charge is 0.241 e. The Bertz CT molecular complexity index is 751. The van der Waals surface area contributed by atoms with Gasteiger partial charge in [0.15, 0.2) is 23.1 Å². The number of benzene rings is 2. The Hall–Kier alpha value is -2.31. The van der Waals surface area contributed by atoms with Crippen molar-refractivity contribution in [3.63, 3.8) is 0 Å². The van der Waals surface area contributed by atoms with Crippen molar-refractivity contribution in [2.75, 3.05) is 19.0 Å². The number of methoxy groups -OCH3 is 1. The molecular weight excluding hydrogens is 359 g/mol. The molecule has 1 amide bonds. The molecule has 2 aromatic rings. The normalized spacial score (nSPS) is 16.3. The Morgan fingerprint density at radius 3 is 2.58 bits per heavy atom. The van der Waals surface area contributed by atoms with E-state index < -0.39 is 5.82 Å². The fourth-order valence-corrected chi connectivity index (χ4v) is 2.79. The van der Waals surface area contributed by atoms with Crippen LogP contribution >= 0.6 is 12.4 Å². The summed E-state index contributed by atoms with van der Waals surface area (Å²) in [5.74, 6) is 0.311. The van der Waals surface area contributed by atoms with Crippen molar-refractivity contribution in [3.05, 3.63) is 48.3 Å². The number of anilines is 1. The Labute approximate surface area is 158 Å². The van der Waals surface area contributed by atoms with Gasteiger partial charge in [0, 0.05) is 11.8 Å². The molecule has 1 unspecified atom stereocenters. The minimum Gasteiger partial charge on any atom is -0.493 e. The standard InChI is InChI=1S/C19H21FN2O3.ClH/c1-24-17-7-2-3-8-18(17)25-16-10-9-13(12-14(16)20)22-19(23)15-6-4-5-11-21-15;/h2-3,7-10,12,15,21H,4-6,11H2,1H3,(H,22,23);1H. The van der Waals surface area contributed by atoms with Gasteiger partial charge in [-0.05, 0) is 43.7 Å². The highest BCUT2D eigenvalue weighted by Gasteiger charge is 2.20. The van der Waals surface area contributed by atoms with E-state index in [-0.39, 0.29) is 30.1 Å². The average Bonchev–Trinajstić information content (AvgIpc) is 2.65. The van der Waals surface area contributed by atoms with Crippen LogP contribution in [0.4, 0.5) is 10.1 Å². The van der Waals surface area contributed by atoms with Gasteiger partial charge in [0.2, 0.25) is 5.91 Å². The molecule has 0 aromatic heterocycles. The first-order chi connectivity index (χ1) is 12.2. The van der Waals surface area contributed by atoms with Gasteiger partial charge in [-0.1, -0.05) is 18.6 Å². The molecular formula is C19H22ClFN2O3. The first kappa shape index (κ1) is 20.0. The van der Waals surface area contributed by atoms with E-state index in [0.717, 1.165) is 25.8 Å². The zero-order chi connectivity index (χ0) is 17.6. The van der Waals surface area contributed by atoms with Crippen molar-refractivity contribution in [2.45, 2.75) is 25.3 Å². The monoisotopic (exact) mass is 380 g/mol. The SMILES string of the molecule is COc1ccccc1Oc1ccc(NC(=O)C2CCCCN2)cc1F.Cl. The summed E-state index contributed by atoms with van der Waals surface area (Å²) >= 11 is 0. The van der Waals surface area contributed by atoms with E-state index in [1.807, 2.05) is 0 Å². The van der Waals surface area contributed by atoms with Gasteiger partial charge in [0.1, 0.15) is 0 Å². The number of piperidine rings is 1. The summed E-state index contributed by atoms with van der Waals surface area (Å²) in [5.41, 5.74) is 0.405. The quantitative estimate of drug-likeness (QED) is 0.818. The zero-order valence-electron chi connectivity index (χ0n) is 14.5. The van der Waals surface area contributed by atoms with Gasteiger partial charge >= 0.3 is 0 Å². The molecule has 5 nitrogen and oxygen atoms in total. The first-order valence-electron chi connectivity index (χ1n) is 8.32. The summed E-state index contributed by atoms with van der Waals surface area (Å²) in [5, 5.41) is 5.91. The van der Waals surface area contributed by atoms with Crippen LogP contribution in [0.1, 0.15) is 19.3 Å². The largest absolute Gasteiger partial charge is 0.493 e. The van der Waals surface area contributed by atoms with Crippen LogP contribution in [0, 0.1) is 5.82 Å². The number of amides is 1. The molecule has 1 fully saturated rings. The fourth-order valence-electron chi connectivity index (χ4n) is 2.79. The maximum absolute atomic E-state index is 14.3. The van der Waals surface area contributed by atoms with Gasteiger partial charge < -0.3 is 20.1 Å². The highest BCUT2D eigenvalue weighted by atomic mass is 35.5. The third-order valence-electron chi connectivity index (χ3n) is 4.12. The van der Waals surface area contributed by atoms with E-state index in [1.165, 1.54) is 19.2 Å². The van der Waals surface area contributed by atoms with Crippen molar-refractivity contribution >= 4 is 24.0 Å². The Balaban J connectivity index is 0.00000243. The van der Waals surface area contributed by atoms with E-state index in [9.17, 15) is 9.18 Å². The molecule has 0 bridgehead atoms. The van der Waals surface area contributed by atoms with Gasteiger partial charge in [-0.2, -0.15) is 0 Å². The number of carbonyl (C=O) groups is 1. The van der Waals surface area contributed by atoms with E-state index in [0.29, 0.717) is 17.2 Å². The van der Waals surface area contributed by atoms with E-state index >= 15 is 0 Å². The third-order valence-corrected chi connectivity index (χ3v) is 4.12. The zero-order valence-corrected chi connectivity index (χ0v) is 15.3. The van der Waals surface area contributed by atoms with Crippen LogP contribution < -0.4 is 20.1 Å². The second kappa shape index (κ2) is 9.40. The number of rotatable bonds is 5. The molecule has 2 aromatic carbocycles. The van der Waals surface area contributed by atoms with Crippen LogP contribution in [0.25, 0.3) is 0 Å². The molecule has 0 aliphatic carbocycles. The first-order valence-corrected chi connectivity index (χ1v) is 8.32. The molecule has 0 radical (unpaired) electrons. The van der Waals surface area contributed by atoms with Crippen molar-refractivity contribution in [2.24, 2.45) is 0 Å². The van der Waals surface area contributed by atoms with Crippen molar-refractivity contribution in [1.29, 1.82) is 0 Å². The Morgan fingerprint density at radius 2 is 1.92 bits per heavy atom. The van der Waals surface area contributed by atoms with Crippen molar-refractivity contribution in [1.82, 2.24) is 5.32 Å². The molecule has 1 aliphatic rings. The molecule has 7 heteroatoms. The average molecular weight is 381 g/mol. The third kappa shape index (κ3) is 4.86. The summed E-state index contributed by atoms with van der Waals surface area (Å²) in [6, 6.07) is 11.2. The lowest BCUT2D eigenvalue weighted by Crippen LogP contribution is -2.43. The Morgan fingerprint density at radius 1 is 1.15 bits per heavy atom. The van der Waals surface area contributed by atoms with Crippen LogP contribution in [0.3, 0.4) is 0 Å². The van der Waals surface area contributed by atoms with E-state index in [2.05, 4.69) is 10.6 Å². The molecule has 3 rings (SSSR count). The highest BCUT2D eigenvalue weighted by Crippen LogP contribution is 2.33. The van der Waals surface area contributed by atoms with Gasteiger partial charge in [0.25, 0.3) is 0 Å². The predicted octanol–water partition coefficient (Wildman–Crippen LogP) is 4.13. The van der Waals surface area contributed by atoms with Crippen LogP contribution in [-0.2, 0) is 4.79 Å². The van der Waals surface area contributed by atoms with E-state index in [4.69, 9.17) is 9.47 Å². The minimum absolute atomic E-state index is 0. The predicted molar refractivity (Wildman–Crippen MR) is 101 cm³/mol. The number of nitrogens with one attached hydrogen (secondary N) is 2. The summed E-state index contributed by atoms with van der Waals surface area (Å²) in [6.07, 6.45) is 2.89.